The van der Waals surface area contributed by atoms with Crippen LogP contribution in [0.25, 0.3) is 0 Å². The van der Waals surface area contributed by atoms with Crippen molar-refractivity contribution < 1.29 is 15.3 Å². The molecule has 3 heteroatoms. The lowest BCUT2D eigenvalue weighted by molar-refractivity contribution is 0.0493. The van der Waals surface area contributed by atoms with Crippen molar-refractivity contribution in [1.29, 1.82) is 0 Å². The highest BCUT2D eigenvalue weighted by Gasteiger charge is 2.51. The molecule has 18 heavy (non-hydrogen) atoms. The van der Waals surface area contributed by atoms with Gasteiger partial charge in [0.1, 0.15) is 0 Å². The van der Waals surface area contributed by atoms with E-state index in [1.54, 1.807) is 0 Å². The number of aliphatic hydroxyl groups excluding tert-OH is 1. The monoisotopic (exact) mass is 244 g/mol. The van der Waals surface area contributed by atoms with Gasteiger partial charge in [-0.25, -0.2) is 0 Å². The van der Waals surface area contributed by atoms with Gasteiger partial charge in [0.05, 0.1) is 6.10 Å². The average Bonchev–Trinajstić information content (AvgIpc) is 2.95. The molecule has 0 saturated heterocycles. The molecule has 5 unspecified atom stereocenters. The summed E-state index contributed by atoms with van der Waals surface area (Å²) in [6, 6.07) is 3.35. The maximum atomic E-state index is 10.6. The number of allylic oxidation sites excluding steroid dienone is 2. The van der Waals surface area contributed by atoms with E-state index < -0.39 is 6.10 Å². The highest BCUT2D eigenvalue weighted by atomic mass is 16.3. The lowest BCUT2D eigenvalue weighted by atomic mass is 9.69. The zero-order valence-electron chi connectivity index (χ0n) is 9.95. The predicted octanol–water partition coefficient (Wildman–Crippen LogP) is 2.13. The first-order chi connectivity index (χ1) is 8.66. The lowest BCUT2D eigenvalue weighted by Gasteiger charge is -2.38. The Kier molecular flexibility index (Phi) is 1.91. The summed E-state index contributed by atoms with van der Waals surface area (Å²) >= 11 is 0. The third kappa shape index (κ3) is 1.13. The fraction of sp³-hybridized carbons (Fsp3) is 0.467. The van der Waals surface area contributed by atoms with E-state index in [-0.39, 0.29) is 17.4 Å². The Morgan fingerprint density at radius 2 is 1.83 bits per heavy atom. The van der Waals surface area contributed by atoms with E-state index in [2.05, 4.69) is 12.2 Å². The SMILES string of the molecule is Oc1ccc2c(c1O)C(O)C1C3C=CC(C3)C1C2. The molecule has 0 radical (unpaired) electrons. The molecule has 3 nitrogen and oxygen atoms in total. The lowest BCUT2D eigenvalue weighted by Crippen LogP contribution is -2.32. The molecule has 94 valence electrons. The smallest absolute Gasteiger partial charge is 0.163 e. The number of benzene rings is 1. The van der Waals surface area contributed by atoms with Crippen molar-refractivity contribution in [1.82, 2.24) is 0 Å². The fourth-order valence-corrected chi connectivity index (χ4v) is 4.31. The van der Waals surface area contributed by atoms with Crippen LogP contribution < -0.4 is 0 Å². The Balaban J connectivity index is 1.86. The minimum Gasteiger partial charge on any atom is -0.504 e. The third-order valence-corrected chi connectivity index (χ3v) is 5.09. The van der Waals surface area contributed by atoms with Gasteiger partial charge in [0.25, 0.3) is 0 Å². The largest absolute Gasteiger partial charge is 0.504 e. The van der Waals surface area contributed by atoms with Gasteiger partial charge in [-0.05, 0) is 48.1 Å². The molecule has 3 N–H and O–H groups in total. The van der Waals surface area contributed by atoms with Gasteiger partial charge in [-0.2, -0.15) is 0 Å². The summed E-state index contributed by atoms with van der Waals surface area (Å²) in [5, 5.41) is 30.1. The standard InChI is InChI=1S/C15H16O3/c16-11-4-3-9-6-10-7-1-2-8(5-7)12(10)15(18)13(9)14(11)17/h1-4,7-8,10,12,15-18H,5-6H2. The Labute approximate surface area is 105 Å². The number of fused-ring (bicyclic) bond motifs is 6. The second-order valence-corrected chi connectivity index (χ2v) is 5.84. The van der Waals surface area contributed by atoms with Gasteiger partial charge >= 0.3 is 0 Å². The van der Waals surface area contributed by atoms with Crippen molar-refractivity contribution in [3.05, 3.63) is 35.4 Å². The molecular formula is C15H16O3. The minimum absolute atomic E-state index is 0.134. The third-order valence-electron chi connectivity index (χ3n) is 5.09. The van der Waals surface area contributed by atoms with E-state index in [4.69, 9.17) is 0 Å². The number of rotatable bonds is 0. The molecule has 3 aliphatic carbocycles. The fourth-order valence-electron chi connectivity index (χ4n) is 4.31. The van der Waals surface area contributed by atoms with Crippen molar-refractivity contribution >= 4 is 0 Å². The van der Waals surface area contributed by atoms with Crippen molar-refractivity contribution in [3.8, 4) is 11.5 Å². The molecule has 1 aromatic carbocycles. The Bertz CT molecular complexity index is 549. The first-order valence-corrected chi connectivity index (χ1v) is 6.57. The van der Waals surface area contributed by atoms with Gasteiger partial charge in [-0.15, -0.1) is 0 Å². The van der Waals surface area contributed by atoms with Crippen LogP contribution in [-0.2, 0) is 6.42 Å². The molecule has 1 saturated carbocycles. The number of hydrogen-bond donors (Lipinski definition) is 3. The first kappa shape index (κ1) is 10.4. The van der Waals surface area contributed by atoms with E-state index in [1.807, 2.05) is 6.07 Å². The van der Waals surface area contributed by atoms with Crippen LogP contribution in [0.5, 0.6) is 11.5 Å². The van der Waals surface area contributed by atoms with E-state index in [0.717, 1.165) is 18.4 Å². The minimum atomic E-state index is -0.647. The van der Waals surface area contributed by atoms with Crippen LogP contribution in [-0.4, -0.2) is 15.3 Å². The Morgan fingerprint density at radius 1 is 1.06 bits per heavy atom. The molecule has 3 aliphatic rings. The quantitative estimate of drug-likeness (QED) is 0.484. The second kappa shape index (κ2) is 3.29. The zero-order chi connectivity index (χ0) is 12.4. The maximum Gasteiger partial charge on any atom is 0.163 e. The first-order valence-electron chi connectivity index (χ1n) is 6.57. The topological polar surface area (TPSA) is 60.7 Å². The highest BCUT2D eigenvalue weighted by Crippen LogP contribution is 2.58. The second-order valence-electron chi connectivity index (χ2n) is 5.84. The van der Waals surface area contributed by atoms with Gasteiger partial charge < -0.3 is 15.3 Å². The van der Waals surface area contributed by atoms with Crippen molar-refractivity contribution in [2.24, 2.45) is 23.7 Å². The molecule has 2 bridgehead atoms. The normalized spacial score (nSPS) is 39.7. The molecule has 5 atom stereocenters. The summed E-state index contributed by atoms with van der Waals surface area (Å²) in [5.74, 6) is 1.45. The highest BCUT2D eigenvalue weighted by molar-refractivity contribution is 5.52. The molecule has 0 aliphatic heterocycles. The van der Waals surface area contributed by atoms with Gasteiger partial charge in [-0.1, -0.05) is 18.2 Å². The van der Waals surface area contributed by atoms with Crippen LogP contribution >= 0.6 is 0 Å². The zero-order valence-corrected chi connectivity index (χ0v) is 9.95. The summed E-state index contributed by atoms with van der Waals surface area (Å²) in [7, 11) is 0. The number of aromatic hydroxyl groups is 2. The average molecular weight is 244 g/mol. The van der Waals surface area contributed by atoms with Gasteiger partial charge in [0.2, 0.25) is 0 Å². The van der Waals surface area contributed by atoms with E-state index in [1.165, 1.54) is 6.07 Å². The Morgan fingerprint density at radius 3 is 2.67 bits per heavy atom. The van der Waals surface area contributed by atoms with Crippen LogP contribution in [0.1, 0.15) is 23.7 Å². The number of aliphatic hydroxyl groups is 1. The van der Waals surface area contributed by atoms with Crippen LogP contribution in [0.15, 0.2) is 24.3 Å². The van der Waals surface area contributed by atoms with Crippen LogP contribution in [0, 0.1) is 23.7 Å². The molecule has 1 fully saturated rings. The van der Waals surface area contributed by atoms with Gasteiger partial charge in [-0.3, -0.25) is 0 Å². The van der Waals surface area contributed by atoms with E-state index in [9.17, 15) is 15.3 Å². The molecule has 0 aromatic heterocycles. The maximum absolute atomic E-state index is 10.6. The molecular weight excluding hydrogens is 228 g/mol. The summed E-state index contributed by atoms with van der Waals surface area (Å²) in [6.07, 6.45) is 5.87. The van der Waals surface area contributed by atoms with Crippen LogP contribution in [0.2, 0.25) is 0 Å². The van der Waals surface area contributed by atoms with Crippen molar-refractivity contribution in [2.75, 3.05) is 0 Å². The molecule has 0 amide bonds. The van der Waals surface area contributed by atoms with Gasteiger partial charge in [0, 0.05) is 5.56 Å². The molecule has 4 rings (SSSR count). The van der Waals surface area contributed by atoms with Crippen molar-refractivity contribution in [2.45, 2.75) is 18.9 Å². The Hall–Kier alpha value is -1.48. The van der Waals surface area contributed by atoms with Crippen LogP contribution in [0.4, 0.5) is 0 Å². The van der Waals surface area contributed by atoms with Crippen molar-refractivity contribution in [3.63, 3.8) is 0 Å². The molecule has 0 spiro atoms. The van der Waals surface area contributed by atoms with Gasteiger partial charge in [0.15, 0.2) is 11.5 Å². The number of phenolic OH excluding ortho intramolecular Hbond substituents is 2. The number of phenols is 2. The summed E-state index contributed by atoms with van der Waals surface area (Å²) in [6.45, 7) is 0. The summed E-state index contributed by atoms with van der Waals surface area (Å²) in [4.78, 5) is 0. The summed E-state index contributed by atoms with van der Waals surface area (Å²) < 4.78 is 0. The van der Waals surface area contributed by atoms with E-state index >= 15 is 0 Å². The number of hydrogen-bond acceptors (Lipinski definition) is 3. The predicted molar refractivity (Wildman–Crippen MR) is 66.2 cm³/mol. The molecule has 0 heterocycles. The van der Waals surface area contributed by atoms with Crippen LogP contribution in [0.3, 0.4) is 0 Å². The molecule has 1 aromatic rings. The summed E-state index contributed by atoms with van der Waals surface area (Å²) in [5.41, 5.74) is 1.54. The van der Waals surface area contributed by atoms with E-state index in [0.29, 0.717) is 23.3 Å².